The van der Waals surface area contributed by atoms with Gasteiger partial charge in [0.05, 0.1) is 0 Å². The molecular weight excluding hydrogens is 232 g/mol. The van der Waals surface area contributed by atoms with Crippen LogP contribution in [0.5, 0.6) is 0 Å². The molecule has 5 radical (unpaired) electrons. The second-order valence-corrected chi connectivity index (χ2v) is 13.0. The predicted molar refractivity (Wildman–Crippen MR) is 62.6 cm³/mol. The summed E-state index contributed by atoms with van der Waals surface area (Å²) in [6.07, 6.45) is 0. The second kappa shape index (κ2) is 7.09. The van der Waals surface area contributed by atoms with Crippen molar-refractivity contribution in [2.45, 2.75) is 39.3 Å². The quantitative estimate of drug-likeness (QED) is 0.765. The lowest BCUT2D eigenvalue weighted by molar-refractivity contribution is 0.412. The zero-order valence-electron chi connectivity index (χ0n) is 9.26. The molecule has 0 heterocycles. The standard InChI is InChI=1S/C6H18O2Si3.HOSi/c1-9-7-11(5,6)8-10(2,3)4;1-2/h1-6H3;1H. The first-order valence-corrected chi connectivity index (χ1v) is 12.1. The largest absolute Gasteiger partial charge is 0.437 e. The van der Waals surface area contributed by atoms with Gasteiger partial charge in [-0.1, -0.05) is 0 Å². The summed E-state index contributed by atoms with van der Waals surface area (Å²) in [5, 5.41) is 0. The second-order valence-electron chi connectivity index (χ2n) is 3.92. The minimum absolute atomic E-state index is 0.554. The molecule has 0 aromatic rings. The van der Waals surface area contributed by atoms with Crippen LogP contribution in [0.2, 0.25) is 39.3 Å². The third-order valence-corrected chi connectivity index (χ3v) is 8.10. The lowest BCUT2D eigenvalue weighted by Gasteiger charge is -2.30. The number of rotatable bonds is 4. The summed E-state index contributed by atoms with van der Waals surface area (Å²) in [4.78, 5) is 6.81. The van der Waals surface area contributed by atoms with Crippen molar-refractivity contribution < 1.29 is 13.0 Å². The first-order valence-electron chi connectivity index (χ1n) is 4.04. The third kappa shape index (κ3) is 12.7. The van der Waals surface area contributed by atoms with E-state index in [1.807, 2.05) is 17.0 Å². The van der Waals surface area contributed by atoms with E-state index in [2.05, 4.69) is 32.7 Å². The van der Waals surface area contributed by atoms with E-state index in [0.29, 0.717) is 9.76 Å². The molecule has 0 aliphatic rings. The molecule has 0 aromatic carbocycles. The van der Waals surface area contributed by atoms with E-state index in [9.17, 15) is 0 Å². The molecule has 0 aromatic heterocycles. The minimum Gasteiger partial charge on any atom is -0.437 e. The molecule has 0 aliphatic carbocycles. The summed E-state index contributed by atoms with van der Waals surface area (Å²) in [6.45, 7) is 12.9. The molecule has 0 spiro atoms. The maximum Gasteiger partial charge on any atom is 0.310 e. The Bertz CT molecular complexity index is 124. The monoisotopic (exact) mass is 251 g/mol. The maximum absolute atomic E-state index is 6.81. The predicted octanol–water partition coefficient (Wildman–Crippen LogP) is 1.29. The molecule has 3 nitrogen and oxygen atoms in total. The average molecular weight is 252 g/mol. The zero-order valence-corrected chi connectivity index (χ0v) is 13.3. The maximum atomic E-state index is 6.81. The molecule has 0 saturated carbocycles. The smallest absolute Gasteiger partial charge is 0.310 e. The van der Waals surface area contributed by atoms with Gasteiger partial charge in [-0.25, -0.2) is 0 Å². The number of hydrogen-bond donors (Lipinski definition) is 1. The SMILES string of the molecule is C[Si]O[Si](C)(C)O[Si](C)(C)C.O[Si]. The van der Waals surface area contributed by atoms with Gasteiger partial charge in [0.1, 0.15) is 0 Å². The van der Waals surface area contributed by atoms with Crippen LogP contribution in [0.4, 0.5) is 0 Å². The van der Waals surface area contributed by atoms with Crippen LogP contribution in [-0.4, -0.2) is 41.9 Å². The van der Waals surface area contributed by atoms with Gasteiger partial charge in [-0.3, -0.25) is 0 Å². The Morgan fingerprint density at radius 2 is 1.46 bits per heavy atom. The zero-order chi connectivity index (χ0) is 11.1. The molecule has 13 heavy (non-hydrogen) atoms. The Kier molecular flexibility index (Phi) is 8.83. The van der Waals surface area contributed by atoms with Crippen LogP contribution in [0.3, 0.4) is 0 Å². The van der Waals surface area contributed by atoms with Crippen LogP contribution in [0, 0.1) is 0 Å². The van der Waals surface area contributed by atoms with Gasteiger partial charge in [0, 0.05) is 0 Å². The van der Waals surface area contributed by atoms with Crippen molar-refractivity contribution in [2.75, 3.05) is 0 Å². The van der Waals surface area contributed by atoms with E-state index in [0.717, 1.165) is 0 Å². The van der Waals surface area contributed by atoms with E-state index in [4.69, 9.17) is 13.0 Å². The van der Waals surface area contributed by atoms with Crippen molar-refractivity contribution in [1.82, 2.24) is 0 Å². The van der Waals surface area contributed by atoms with Crippen molar-refractivity contribution >= 4 is 37.1 Å². The lowest BCUT2D eigenvalue weighted by Crippen LogP contribution is -2.45. The summed E-state index contributed by atoms with van der Waals surface area (Å²) in [5.41, 5.74) is 0. The van der Waals surface area contributed by atoms with Crippen LogP contribution < -0.4 is 0 Å². The van der Waals surface area contributed by atoms with Gasteiger partial charge >= 0.3 is 8.56 Å². The van der Waals surface area contributed by atoms with Crippen molar-refractivity contribution in [3.63, 3.8) is 0 Å². The molecule has 0 saturated heterocycles. The normalized spacial score (nSPS) is 12.0. The van der Waals surface area contributed by atoms with Crippen LogP contribution in [0.1, 0.15) is 0 Å². The molecule has 0 rings (SSSR count). The van der Waals surface area contributed by atoms with Gasteiger partial charge in [0.15, 0.2) is 8.32 Å². The summed E-state index contributed by atoms with van der Waals surface area (Å²) < 4.78 is 11.5. The molecule has 1 N–H and O–H groups in total. The van der Waals surface area contributed by atoms with Gasteiger partial charge < -0.3 is 13.0 Å². The topological polar surface area (TPSA) is 38.7 Å². The highest BCUT2D eigenvalue weighted by Crippen LogP contribution is 2.14. The van der Waals surface area contributed by atoms with E-state index < -0.39 is 16.9 Å². The van der Waals surface area contributed by atoms with Gasteiger partial charge in [-0.15, -0.1) is 0 Å². The highest BCUT2D eigenvalue weighted by atomic mass is 28.5. The molecule has 0 aliphatic heterocycles. The molecule has 7 heteroatoms. The summed E-state index contributed by atoms with van der Waals surface area (Å²) >= 11 is 0. The van der Waals surface area contributed by atoms with E-state index in [-0.39, 0.29) is 0 Å². The van der Waals surface area contributed by atoms with Crippen molar-refractivity contribution in [2.24, 2.45) is 0 Å². The van der Waals surface area contributed by atoms with E-state index >= 15 is 0 Å². The fourth-order valence-corrected chi connectivity index (χ4v) is 9.41. The van der Waals surface area contributed by atoms with Crippen LogP contribution >= 0.6 is 0 Å². The molecule has 0 amide bonds. The molecule has 0 fully saturated rings. The molecule has 0 atom stereocenters. The highest BCUT2D eigenvalue weighted by Gasteiger charge is 2.30. The first-order chi connectivity index (χ1) is 5.77. The van der Waals surface area contributed by atoms with Crippen LogP contribution in [0.15, 0.2) is 0 Å². The highest BCUT2D eigenvalue weighted by molar-refractivity contribution is 6.82. The van der Waals surface area contributed by atoms with Crippen LogP contribution in [0.25, 0.3) is 0 Å². The molecule has 0 unspecified atom stereocenters. The van der Waals surface area contributed by atoms with Crippen molar-refractivity contribution in [3.05, 3.63) is 0 Å². The minimum atomic E-state index is -1.76. The summed E-state index contributed by atoms with van der Waals surface area (Å²) in [5.74, 6) is 0. The third-order valence-electron chi connectivity index (χ3n) is 0.900. The Balaban J connectivity index is 0. The van der Waals surface area contributed by atoms with Crippen molar-refractivity contribution in [1.29, 1.82) is 0 Å². The van der Waals surface area contributed by atoms with E-state index in [1.165, 1.54) is 0 Å². The first kappa shape index (κ1) is 16.2. The van der Waals surface area contributed by atoms with Gasteiger partial charge in [0.25, 0.3) is 0 Å². The Hall–Kier alpha value is 0.748. The lowest BCUT2D eigenvalue weighted by atomic mass is 11.8. The van der Waals surface area contributed by atoms with Crippen LogP contribution in [-0.2, 0) is 8.23 Å². The fraction of sp³-hybridized carbons (Fsp3) is 1.00. The molecule has 77 valence electrons. The Morgan fingerprint density at radius 1 is 1.08 bits per heavy atom. The van der Waals surface area contributed by atoms with Gasteiger partial charge in [0.2, 0.25) is 20.2 Å². The fourth-order valence-electron chi connectivity index (χ4n) is 1.00. The average Bonchev–Trinajstić information content (AvgIpc) is 1.85. The summed E-state index contributed by atoms with van der Waals surface area (Å²) in [7, 11) is -0.627. The Morgan fingerprint density at radius 3 is 1.69 bits per heavy atom. The molecule has 0 bridgehead atoms. The van der Waals surface area contributed by atoms with Gasteiger partial charge in [-0.05, 0) is 39.3 Å². The number of hydrogen-bond acceptors (Lipinski definition) is 3. The van der Waals surface area contributed by atoms with Gasteiger partial charge in [-0.2, -0.15) is 0 Å². The summed E-state index contributed by atoms with van der Waals surface area (Å²) in [6, 6.07) is 0. The Labute approximate surface area is 89.7 Å². The molecular formula is C6H19O3Si4. The van der Waals surface area contributed by atoms with E-state index in [1.54, 1.807) is 0 Å². The van der Waals surface area contributed by atoms with Crippen molar-refractivity contribution in [3.8, 4) is 0 Å².